The average Bonchev–Trinajstić information content (AvgIpc) is 3.02. The smallest absolute Gasteiger partial charge is 0.305 e. The fourth-order valence-electron chi connectivity index (χ4n) is 3.54. The van der Waals surface area contributed by atoms with Crippen LogP contribution >= 0.6 is 0 Å². The third-order valence-electron chi connectivity index (χ3n) is 5.11. The molecule has 0 aliphatic carbocycles. The molecular formula is C24H23NO8. The van der Waals surface area contributed by atoms with Gasteiger partial charge in [-0.05, 0) is 36.8 Å². The van der Waals surface area contributed by atoms with Gasteiger partial charge in [0.25, 0.3) is 5.91 Å². The van der Waals surface area contributed by atoms with E-state index in [4.69, 9.17) is 23.7 Å². The zero-order chi connectivity index (χ0) is 23.4. The normalized spacial score (nSPS) is 12.8. The van der Waals surface area contributed by atoms with Crippen LogP contribution in [0.1, 0.15) is 18.6 Å². The molecule has 0 atom stereocenters. The molecule has 3 aromatic rings. The van der Waals surface area contributed by atoms with Gasteiger partial charge >= 0.3 is 5.97 Å². The van der Waals surface area contributed by atoms with Gasteiger partial charge in [-0.25, -0.2) is 0 Å². The Morgan fingerprint density at radius 1 is 1.09 bits per heavy atom. The van der Waals surface area contributed by atoms with E-state index in [2.05, 4.69) is 5.32 Å². The van der Waals surface area contributed by atoms with Crippen LogP contribution in [0.5, 0.6) is 17.2 Å². The van der Waals surface area contributed by atoms with E-state index < -0.39 is 11.9 Å². The van der Waals surface area contributed by atoms with Crippen molar-refractivity contribution in [2.45, 2.75) is 19.8 Å². The Morgan fingerprint density at radius 2 is 1.88 bits per heavy atom. The van der Waals surface area contributed by atoms with Crippen molar-refractivity contribution in [1.82, 2.24) is 5.32 Å². The summed E-state index contributed by atoms with van der Waals surface area (Å²) in [6.45, 7) is 2.57. The van der Waals surface area contributed by atoms with E-state index in [1.54, 1.807) is 43.3 Å². The molecule has 4 rings (SSSR count). The summed E-state index contributed by atoms with van der Waals surface area (Å²) < 4.78 is 22.8. The fraction of sp³-hybridized carbons (Fsp3) is 0.292. The van der Waals surface area contributed by atoms with Crippen LogP contribution in [0.3, 0.4) is 0 Å². The van der Waals surface area contributed by atoms with Crippen molar-refractivity contribution in [1.29, 1.82) is 0 Å². The summed E-state index contributed by atoms with van der Waals surface area (Å²) in [6, 6.07) is 10.1. The van der Waals surface area contributed by atoms with Gasteiger partial charge in [-0.15, -0.1) is 0 Å². The van der Waals surface area contributed by atoms with Crippen molar-refractivity contribution in [2.24, 2.45) is 0 Å². The Labute approximate surface area is 188 Å². The minimum atomic E-state index is -0.998. The Hall–Kier alpha value is -4.01. The minimum absolute atomic E-state index is 0.0198. The molecule has 1 amide bonds. The van der Waals surface area contributed by atoms with Crippen molar-refractivity contribution in [3.63, 3.8) is 0 Å². The first-order valence-corrected chi connectivity index (χ1v) is 10.5. The van der Waals surface area contributed by atoms with E-state index >= 15 is 0 Å². The minimum Gasteiger partial charge on any atom is -0.490 e. The highest BCUT2D eigenvalue weighted by Gasteiger charge is 2.18. The van der Waals surface area contributed by atoms with Crippen molar-refractivity contribution in [3.05, 3.63) is 52.4 Å². The van der Waals surface area contributed by atoms with Gasteiger partial charge in [-0.3, -0.25) is 14.4 Å². The number of carboxylic acids is 1. The van der Waals surface area contributed by atoms with Gasteiger partial charge in [0.05, 0.1) is 30.6 Å². The molecule has 0 fully saturated rings. The summed E-state index contributed by atoms with van der Waals surface area (Å²) in [6.07, 6.45) is 0.618. The summed E-state index contributed by atoms with van der Waals surface area (Å²) in [7, 11) is 0. The lowest BCUT2D eigenvalue weighted by Crippen LogP contribution is -2.30. The Morgan fingerprint density at radius 3 is 2.67 bits per heavy atom. The highest BCUT2D eigenvalue weighted by molar-refractivity contribution is 5.84. The molecule has 0 spiro atoms. The third kappa shape index (κ3) is 5.08. The summed E-state index contributed by atoms with van der Waals surface area (Å²) in [5, 5.41) is 11.4. The first-order chi connectivity index (χ1) is 15.9. The summed E-state index contributed by atoms with van der Waals surface area (Å²) in [5.74, 6) is 0.579. The van der Waals surface area contributed by atoms with Gasteiger partial charge in [0, 0.05) is 19.0 Å². The second kappa shape index (κ2) is 9.64. The standard InChI is InChI=1S/C24H23NO8/c1-14-23(15-3-6-18-20(11-15)31-10-2-9-30-18)24(29)17-5-4-16(12-19(17)33-14)32-13-21(26)25-8-7-22(27)28/h3-6,11-12H,2,7-10,13H2,1H3,(H,25,26)(H,27,28). The van der Waals surface area contributed by atoms with Gasteiger partial charge < -0.3 is 29.1 Å². The van der Waals surface area contributed by atoms with Gasteiger partial charge in [0.1, 0.15) is 17.1 Å². The number of rotatable bonds is 7. The second-order valence-corrected chi connectivity index (χ2v) is 7.51. The first-order valence-electron chi connectivity index (χ1n) is 10.5. The highest BCUT2D eigenvalue weighted by Crippen LogP contribution is 2.35. The molecule has 0 bridgehead atoms. The Kier molecular flexibility index (Phi) is 6.48. The number of fused-ring (bicyclic) bond motifs is 2. The van der Waals surface area contributed by atoms with Gasteiger partial charge in [-0.1, -0.05) is 6.07 Å². The zero-order valence-electron chi connectivity index (χ0n) is 18.0. The number of hydrogen-bond donors (Lipinski definition) is 2. The molecule has 1 aromatic heterocycles. The topological polar surface area (TPSA) is 124 Å². The van der Waals surface area contributed by atoms with Crippen LogP contribution < -0.4 is 25.0 Å². The molecule has 9 heteroatoms. The van der Waals surface area contributed by atoms with Crippen LogP contribution in [0.4, 0.5) is 0 Å². The number of benzene rings is 2. The molecule has 33 heavy (non-hydrogen) atoms. The van der Waals surface area contributed by atoms with Crippen LogP contribution in [0.25, 0.3) is 22.1 Å². The number of aryl methyl sites for hydroxylation is 1. The molecule has 1 aliphatic heterocycles. The lowest BCUT2D eigenvalue weighted by atomic mass is 10.0. The molecule has 0 saturated carbocycles. The lowest BCUT2D eigenvalue weighted by molar-refractivity contribution is -0.137. The number of carboxylic acid groups (broad SMARTS) is 1. The molecule has 0 unspecified atom stereocenters. The molecular weight excluding hydrogens is 430 g/mol. The summed E-state index contributed by atoms with van der Waals surface area (Å²) in [4.78, 5) is 35.5. The van der Waals surface area contributed by atoms with Crippen LogP contribution in [0.15, 0.2) is 45.6 Å². The maximum absolute atomic E-state index is 13.3. The van der Waals surface area contributed by atoms with Crippen molar-refractivity contribution in [2.75, 3.05) is 26.4 Å². The SMILES string of the molecule is Cc1oc2cc(OCC(=O)NCCC(=O)O)ccc2c(=O)c1-c1ccc2c(c1)OCCCO2. The molecule has 2 N–H and O–H groups in total. The van der Waals surface area contributed by atoms with Gasteiger partial charge in [0.15, 0.2) is 18.1 Å². The maximum Gasteiger partial charge on any atom is 0.305 e. The van der Waals surface area contributed by atoms with E-state index in [0.29, 0.717) is 58.3 Å². The van der Waals surface area contributed by atoms with E-state index in [1.165, 1.54) is 0 Å². The van der Waals surface area contributed by atoms with Crippen molar-refractivity contribution >= 4 is 22.8 Å². The number of carbonyl (C=O) groups is 2. The van der Waals surface area contributed by atoms with Gasteiger partial charge in [0.2, 0.25) is 5.43 Å². The lowest BCUT2D eigenvalue weighted by Gasteiger charge is -2.12. The number of carbonyl (C=O) groups excluding carboxylic acids is 1. The number of nitrogens with one attached hydrogen (secondary N) is 1. The van der Waals surface area contributed by atoms with E-state index in [-0.39, 0.29) is 25.0 Å². The number of amides is 1. The molecule has 172 valence electrons. The van der Waals surface area contributed by atoms with Gasteiger partial charge in [-0.2, -0.15) is 0 Å². The van der Waals surface area contributed by atoms with Crippen LogP contribution in [0, 0.1) is 6.92 Å². The van der Waals surface area contributed by atoms with Crippen molar-refractivity contribution in [3.8, 4) is 28.4 Å². The van der Waals surface area contributed by atoms with Crippen LogP contribution in [0.2, 0.25) is 0 Å². The molecule has 1 aliphatic rings. The molecule has 2 aromatic carbocycles. The van der Waals surface area contributed by atoms with Crippen molar-refractivity contribution < 1.29 is 33.3 Å². The quantitative estimate of drug-likeness (QED) is 0.560. The highest BCUT2D eigenvalue weighted by atomic mass is 16.5. The number of ether oxygens (including phenoxy) is 3. The summed E-state index contributed by atoms with van der Waals surface area (Å²) in [5.41, 5.74) is 1.25. The fourth-order valence-corrected chi connectivity index (χ4v) is 3.54. The molecule has 9 nitrogen and oxygen atoms in total. The first kappa shape index (κ1) is 22.2. The zero-order valence-corrected chi connectivity index (χ0v) is 18.0. The number of aliphatic carboxylic acids is 1. The predicted octanol–water partition coefficient (Wildman–Crippen LogP) is 2.90. The largest absolute Gasteiger partial charge is 0.490 e. The summed E-state index contributed by atoms with van der Waals surface area (Å²) >= 11 is 0. The second-order valence-electron chi connectivity index (χ2n) is 7.51. The molecule has 2 heterocycles. The maximum atomic E-state index is 13.3. The Balaban J connectivity index is 1.56. The average molecular weight is 453 g/mol. The monoisotopic (exact) mass is 453 g/mol. The van der Waals surface area contributed by atoms with E-state index in [0.717, 1.165) is 6.42 Å². The Bertz CT molecular complexity index is 1260. The predicted molar refractivity (Wildman–Crippen MR) is 119 cm³/mol. The van der Waals surface area contributed by atoms with E-state index in [1.807, 2.05) is 0 Å². The molecule has 0 radical (unpaired) electrons. The third-order valence-corrected chi connectivity index (χ3v) is 5.11. The van der Waals surface area contributed by atoms with Crippen LogP contribution in [-0.2, 0) is 9.59 Å². The number of hydrogen-bond acceptors (Lipinski definition) is 7. The van der Waals surface area contributed by atoms with Crippen LogP contribution in [-0.4, -0.2) is 43.3 Å². The molecule has 0 saturated heterocycles. The van der Waals surface area contributed by atoms with E-state index in [9.17, 15) is 14.4 Å².